The Morgan fingerprint density at radius 1 is 1.15 bits per heavy atom. The summed E-state index contributed by atoms with van der Waals surface area (Å²) in [5.74, 6) is 0.270. The molecule has 1 aliphatic rings. The van der Waals surface area contributed by atoms with Gasteiger partial charge >= 0.3 is 12.0 Å². The van der Waals surface area contributed by atoms with Crippen molar-refractivity contribution in [3.8, 4) is 5.75 Å². The van der Waals surface area contributed by atoms with Crippen LogP contribution in [0.1, 0.15) is 54.0 Å². The number of nitrogen functional groups attached to an aromatic ring is 1. The third-order valence-corrected chi connectivity index (χ3v) is 6.88. The van der Waals surface area contributed by atoms with E-state index in [2.05, 4.69) is 30.5 Å². The van der Waals surface area contributed by atoms with Crippen LogP contribution in [-0.4, -0.2) is 32.5 Å². The van der Waals surface area contributed by atoms with Gasteiger partial charge in [0.15, 0.2) is 0 Å². The van der Waals surface area contributed by atoms with Gasteiger partial charge in [0.25, 0.3) is 0 Å². The summed E-state index contributed by atoms with van der Waals surface area (Å²) in [6.45, 7) is 4.34. The molecule has 11 nitrogen and oxygen atoms in total. The second-order valence-electron chi connectivity index (χ2n) is 9.60. The van der Waals surface area contributed by atoms with Gasteiger partial charge in [-0.2, -0.15) is 4.98 Å². The van der Waals surface area contributed by atoms with Crippen molar-refractivity contribution in [2.75, 3.05) is 11.1 Å². The number of alkyl halides is 3. The first kappa shape index (κ1) is 28.1. The van der Waals surface area contributed by atoms with E-state index in [1.54, 1.807) is 6.07 Å². The monoisotopic (exact) mass is 549 g/mol. The average molecular weight is 550 g/mol. The molecular formula is C25H30F3N7O4. The molecule has 2 heterocycles. The molecule has 14 heteroatoms. The number of aromatic nitrogens is 3. The smallest absolute Gasteiger partial charge is 0.405 e. The summed E-state index contributed by atoms with van der Waals surface area (Å²) in [5, 5.41) is 22.1. The van der Waals surface area contributed by atoms with E-state index in [-0.39, 0.29) is 46.9 Å². The van der Waals surface area contributed by atoms with Crippen molar-refractivity contribution < 1.29 is 27.4 Å². The lowest BCUT2D eigenvalue weighted by Gasteiger charge is -2.29. The van der Waals surface area contributed by atoms with Crippen LogP contribution < -0.4 is 21.1 Å². The Hall–Kier alpha value is -3.94. The number of anilines is 2. The average Bonchev–Trinajstić information content (AvgIpc) is 3.18. The predicted octanol–water partition coefficient (Wildman–Crippen LogP) is 4.97. The Balaban J connectivity index is 1.40. The van der Waals surface area contributed by atoms with Crippen LogP contribution in [0.3, 0.4) is 0 Å². The minimum absolute atomic E-state index is 0.00951. The number of rotatable bonds is 10. The van der Waals surface area contributed by atoms with Crippen LogP contribution in [0.15, 0.2) is 28.8 Å². The maximum atomic E-state index is 12.7. The molecule has 0 bridgehead atoms. The molecule has 1 aromatic carbocycles. The maximum Gasteiger partial charge on any atom is 0.573 e. The van der Waals surface area contributed by atoms with Gasteiger partial charge in [-0.1, -0.05) is 23.4 Å². The van der Waals surface area contributed by atoms with Gasteiger partial charge in [0.05, 0.1) is 10.6 Å². The molecule has 4 rings (SSSR count). The molecule has 0 unspecified atom stereocenters. The van der Waals surface area contributed by atoms with Crippen molar-refractivity contribution in [3.63, 3.8) is 0 Å². The lowest BCUT2D eigenvalue weighted by Crippen LogP contribution is -2.33. The molecule has 3 aromatic rings. The summed E-state index contributed by atoms with van der Waals surface area (Å²) < 4.78 is 47.5. The molecular weight excluding hydrogens is 519 g/mol. The number of benzene rings is 1. The summed E-state index contributed by atoms with van der Waals surface area (Å²) in [7, 11) is 0. The van der Waals surface area contributed by atoms with E-state index in [0.29, 0.717) is 19.0 Å². The fourth-order valence-electron chi connectivity index (χ4n) is 4.83. The van der Waals surface area contributed by atoms with Gasteiger partial charge in [-0.15, -0.1) is 13.2 Å². The largest absolute Gasteiger partial charge is 0.573 e. The van der Waals surface area contributed by atoms with E-state index >= 15 is 0 Å². The maximum absolute atomic E-state index is 12.7. The molecule has 0 saturated heterocycles. The third-order valence-electron chi connectivity index (χ3n) is 6.88. The highest BCUT2D eigenvalue weighted by Crippen LogP contribution is 2.33. The molecule has 1 fully saturated rings. The van der Waals surface area contributed by atoms with Crippen molar-refractivity contribution >= 4 is 17.5 Å². The molecule has 39 heavy (non-hydrogen) atoms. The van der Waals surface area contributed by atoms with Gasteiger partial charge in [0.2, 0.25) is 11.8 Å². The summed E-state index contributed by atoms with van der Waals surface area (Å²) in [5.41, 5.74) is 7.89. The van der Waals surface area contributed by atoms with Crippen molar-refractivity contribution in [3.05, 3.63) is 62.7 Å². The van der Waals surface area contributed by atoms with E-state index in [1.807, 2.05) is 13.8 Å². The van der Waals surface area contributed by atoms with Crippen molar-refractivity contribution in [2.24, 2.45) is 5.92 Å². The van der Waals surface area contributed by atoms with Crippen LogP contribution in [-0.2, 0) is 19.5 Å². The summed E-state index contributed by atoms with van der Waals surface area (Å²) >= 11 is 0. The zero-order chi connectivity index (χ0) is 28.2. The third kappa shape index (κ3) is 7.34. The van der Waals surface area contributed by atoms with Gasteiger partial charge in [-0.3, -0.25) is 10.1 Å². The van der Waals surface area contributed by atoms with Crippen molar-refractivity contribution in [1.29, 1.82) is 0 Å². The lowest BCUT2D eigenvalue weighted by molar-refractivity contribution is -0.385. The van der Waals surface area contributed by atoms with Gasteiger partial charge < -0.3 is 25.6 Å². The molecule has 0 atom stereocenters. The summed E-state index contributed by atoms with van der Waals surface area (Å²) in [6, 6.07) is 5.94. The molecule has 0 radical (unpaired) electrons. The molecule has 2 aromatic heterocycles. The fourth-order valence-corrected chi connectivity index (χ4v) is 4.83. The normalized spacial score (nSPS) is 17.7. The fraction of sp³-hybridized carbons (Fsp3) is 0.480. The van der Waals surface area contributed by atoms with Gasteiger partial charge in [-0.05, 0) is 57.9 Å². The van der Waals surface area contributed by atoms with Crippen LogP contribution in [0.5, 0.6) is 5.75 Å². The van der Waals surface area contributed by atoms with Crippen molar-refractivity contribution in [1.82, 2.24) is 20.4 Å². The van der Waals surface area contributed by atoms with E-state index < -0.39 is 11.3 Å². The van der Waals surface area contributed by atoms with Gasteiger partial charge in [0.1, 0.15) is 17.2 Å². The van der Waals surface area contributed by atoms with E-state index in [4.69, 9.17) is 10.3 Å². The number of aryl methyl sites for hydroxylation is 2. The number of nitrogens with two attached hydrogens (primary N) is 1. The highest BCUT2D eigenvalue weighted by atomic mass is 19.4. The number of nitrogens with zero attached hydrogens (tertiary/aromatic N) is 4. The minimum Gasteiger partial charge on any atom is -0.405 e. The summed E-state index contributed by atoms with van der Waals surface area (Å²) in [4.78, 5) is 19.4. The van der Waals surface area contributed by atoms with Crippen LogP contribution in [0.2, 0.25) is 0 Å². The summed E-state index contributed by atoms with van der Waals surface area (Å²) in [6.07, 6.45) is -1.05. The molecule has 1 saturated carbocycles. The topological polar surface area (TPSA) is 154 Å². The second-order valence-corrected chi connectivity index (χ2v) is 9.60. The first-order chi connectivity index (χ1) is 18.5. The SMILES string of the molecule is Cc1noc(C)c1CN[C@H]1CC[C@H](Cc2nc(NCc3ccccc3OC(F)(F)F)nc(N)c2[N+](=O)[O-])CC1. The van der Waals surface area contributed by atoms with Crippen LogP contribution in [0, 0.1) is 29.9 Å². The first-order valence-corrected chi connectivity index (χ1v) is 12.5. The number of ether oxygens (including phenoxy) is 1. The number of nitrogens with one attached hydrogen (secondary N) is 2. The zero-order valence-corrected chi connectivity index (χ0v) is 21.5. The predicted molar refractivity (Wildman–Crippen MR) is 136 cm³/mol. The lowest BCUT2D eigenvalue weighted by atomic mass is 9.83. The Labute approximate surface area is 222 Å². The molecule has 0 amide bonds. The highest BCUT2D eigenvalue weighted by Gasteiger charge is 2.32. The van der Waals surface area contributed by atoms with E-state index in [9.17, 15) is 23.3 Å². The van der Waals surface area contributed by atoms with Gasteiger partial charge in [-0.25, -0.2) is 4.98 Å². The number of hydrogen-bond donors (Lipinski definition) is 3. The Kier molecular flexibility index (Phi) is 8.53. The molecule has 1 aliphatic carbocycles. The molecule has 210 valence electrons. The Morgan fingerprint density at radius 2 is 1.87 bits per heavy atom. The minimum atomic E-state index is -4.85. The van der Waals surface area contributed by atoms with Crippen LogP contribution in [0.4, 0.5) is 30.6 Å². The van der Waals surface area contributed by atoms with Crippen LogP contribution in [0.25, 0.3) is 0 Å². The highest BCUT2D eigenvalue weighted by molar-refractivity contribution is 5.58. The molecule has 0 spiro atoms. The number of hydrogen-bond acceptors (Lipinski definition) is 10. The number of nitro groups is 1. The first-order valence-electron chi connectivity index (χ1n) is 12.5. The zero-order valence-electron chi connectivity index (χ0n) is 21.5. The number of halogens is 3. The van der Waals surface area contributed by atoms with E-state index in [0.717, 1.165) is 42.7 Å². The molecule has 4 N–H and O–H groups in total. The van der Waals surface area contributed by atoms with E-state index in [1.165, 1.54) is 18.2 Å². The van der Waals surface area contributed by atoms with Crippen LogP contribution >= 0.6 is 0 Å². The Morgan fingerprint density at radius 3 is 2.51 bits per heavy atom. The number of para-hydroxylation sites is 1. The second kappa shape index (κ2) is 11.8. The Bertz CT molecular complexity index is 1290. The standard InChI is InChI=1S/C25H30F3N7O4/c1-14-19(15(2)39-34-14)13-30-18-9-7-16(8-10-18)11-20-22(35(36)37)23(29)33-24(32-20)31-12-17-5-3-4-6-21(17)38-25(26,27)28/h3-6,16,18,30H,7-13H2,1-2H3,(H3,29,31,32,33)/t16-,18-. The quantitative estimate of drug-likeness (QED) is 0.233. The molecule has 0 aliphatic heterocycles. The van der Waals surface area contributed by atoms with Crippen molar-refractivity contribution in [2.45, 2.75) is 71.4 Å². The van der Waals surface area contributed by atoms with Gasteiger partial charge in [0, 0.05) is 30.3 Å².